The topological polar surface area (TPSA) is 95.0 Å². The Hall–Kier alpha value is -2.91. The number of ether oxygens (including phenoxy) is 2. The predicted octanol–water partition coefficient (Wildman–Crippen LogP) is 3.08. The van der Waals surface area contributed by atoms with E-state index in [4.69, 9.17) is 26.2 Å². The fourth-order valence-electron chi connectivity index (χ4n) is 5.20. The number of nitrogens with zero attached hydrogens (tertiary/aromatic N) is 1. The highest BCUT2D eigenvalue weighted by atomic mass is 35.5. The number of hydrogen-bond donors (Lipinski definition) is 3. The second kappa shape index (κ2) is 11.5. The summed E-state index contributed by atoms with van der Waals surface area (Å²) < 4.78 is 24.8. The molecular formula is C29H32ClFN2O5. The van der Waals surface area contributed by atoms with Gasteiger partial charge in [-0.3, -0.25) is 4.90 Å². The van der Waals surface area contributed by atoms with E-state index in [2.05, 4.69) is 30.1 Å². The number of carbonyl (C=O) groups is 1. The number of amides is 1. The molecule has 3 aliphatic rings. The van der Waals surface area contributed by atoms with Gasteiger partial charge in [-0.1, -0.05) is 37.3 Å². The van der Waals surface area contributed by atoms with Crippen molar-refractivity contribution in [3.05, 3.63) is 75.7 Å². The van der Waals surface area contributed by atoms with Crippen LogP contribution in [0.25, 0.3) is 12.2 Å². The third-order valence-corrected chi connectivity index (χ3v) is 7.83. The molecule has 0 radical (unpaired) electrons. The van der Waals surface area contributed by atoms with E-state index in [0.717, 1.165) is 27.4 Å². The number of aliphatic hydroxyl groups is 2. The Morgan fingerprint density at radius 1 is 1.29 bits per heavy atom. The van der Waals surface area contributed by atoms with E-state index in [1.165, 1.54) is 24.3 Å². The van der Waals surface area contributed by atoms with E-state index < -0.39 is 24.1 Å². The number of carbonyl (C=O) groups excluding carboxylic acids is 1. The van der Waals surface area contributed by atoms with Gasteiger partial charge in [0, 0.05) is 29.4 Å². The van der Waals surface area contributed by atoms with Crippen molar-refractivity contribution in [3.63, 3.8) is 0 Å². The number of hydrogen-bond acceptors (Lipinski definition) is 5. The van der Waals surface area contributed by atoms with Gasteiger partial charge in [0.2, 0.25) is 0 Å². The molecule has 2 aromatic rings. The van der Waals surface area contributed by atoms with Crippen LogP contribution < -0.4 is 15.3 Å². The fraction of sp³-hybridized carbons (Fsp3) is 0.414. The van der Waals surface area contributed by atoms with Crippen LogP contribution in [0, 0.1) is 11.7 Å². The van der Waals surface area contributed by atoms with Crippen LogP contribution in [0.3, 0.4) is 0 Å². The summed E-state index contributed by atoms with van der Waals surface area (Å²) in [5, 5.41) is 20.6. The van der Waals surface area contributed by atoms with Crippen LogP contribution in [0.15, 0.2) is 48.1 Å². The standard InChI is InChI=1S/C29H32ClFN2O5/c1-17-14-26-24(15-25(17)30)23-10-12-33(29(36)38-22-8-4-19(31)5-9-22)28(27(23)32-26)18-2-6-21(7-3-18)37-13-11-20(35)16-34/h2-6,8-9,14-15,17,20-21,25,28,32,34-35H,7,10-13,16H2,1H3/t17?,20-,21?,25?,28?/m0/s1. The zero-order valence-corrected chi connectivity index (χ0v) is 21.9. The molecule has 0 bridgehead atoms. The van der Waals surface area contributed by atoms with E-state index >= 15 is 0 Å². The quantitative estimate of drug-likeness (QED) is 0.467. The number of aliphatic hydroxyl groups excluding tert-OH is 2. The SMILES string of the molecule is CC1C=c2[nH]c3c(c2=CC1Cl)CCN(C(=O)Oc1ccc(F)cc1)C3C1=CCC(OCC[C@H](O)CO)C=C1. The molecule has 0 saturated carbocycles. The monoisotopic (exact) mass is 542 g/mol. The summed E-state index contributed by atoms with van der Waals surface area (Å²) in [6.45, 7) is 2.56. The molecule has 5 rings (SSSR count). The Labute approximate surface area is 225 Å². The summed E-state index contributed by atoms with van der Waals surface area (Å²) in [5.41, 5.74) is 3.02. The fourth-order valence-corrected chi connectivity index (χ4v) is 5.40. The number of aromatic nitrogens is 1. The largest absolute Gasteiger partial charge is 0.416 e. The van der Waals surface area contributed by atoms with Gasteiger partial charge in [0.25, 0.3) is 0 Å². The Morgan fingerprint density at radius 3 is 2.79 bits per heavy atom. The first-order valence-corrected chi connectivity index (χ1v) is 13.4. The smallest absolute Gasteiger partial charge is 0.410 e. The molecule has 38 heavy (non-hydrogen) atoms. The highest BCUT2D eigenvalue weighted by molar-refractivity contribution is 6.24. The Bertz CT molecular complexity index is 1350. The number of aromatic amines is 1. The van der Waals surface area contributed by atoms with Gasteiger partial charge >= 0.3 is 6.09 Å². The Kier molecular flexibility index (Phi) is 8.04. The number of rotatable bonds is 7. The molecule has 5 atom stereocenters. The maximum Gasteiger partial charge on any atom is 0.416 e. The van der Waals surface area contributed by atoms with Crippen molar-refractivity contribution in [1.82, 2.24) is 9.88 Å². The molecule has 2 aliphatic carbocycles. The van der Waals surface area contributed by atoms with Gasteiger partial charge in [0.1, 0.15) is 17.6 Å². The van der Waals surface area contributed by atoms with Crippen molar-refractivity contribution in [3.8, 4) is 5.75 Å². The van der Waals surface area contributed by atoms with Gasteiger partial charge in [-0.15, -0.1) is 11.6 Å². The van der Waals surface area contributed by atoms with Crippen LogP contribution in [0.2, 0.25) is 0 Å². The summed E-state index contributed by atoms with van der Waals surface area (Å²) >= 11 is 6.57. The van der Waals surface area contributed by atoms with Crippen molar-refractivity contribution in [1.29, 1.82) is 0 Å². The summed E-state index contributed by atoms with van der Waals surface area (Å²) in [6.07, 6.45) is 10.4. The van der Waals surface area contributed by atoms with Crippen molar-refractivity contribution < 1.29 is 28.9 Å². The van der Waals surface area contributed by atoms with E-state index in [-0.39, 0.29) is 29.8 Å². The molecule has 1 aliphatic heterocycles. The number of fused-ring (bicyclic) bond motifs is 3. The number of alkyl halides is 1. The van der Waals surface area contributed by atoms with Crippen molar-refractivity contribution in [2.24, 2.45) is 5.92 Å². The first-order valence-electron chi connectivity index (χ1n) is 13.0. The number of halogens is 2. The molecule has 2 heterocycles. The molecule has 202 valence electrons. The zero-order valence-electron chi connectivity index (χ0n) is 21.1. The lowest BCUT2D eigenvalue weighted by atomic mass is 9.89. The van der Waals surface area contributed by atoms with E-state index in [1.54, 1.807) is 4.90 Å². The lowest BCUT2D eigenvalue weighted by molar-refractivity contribution is 0.0305. The highest BCUT2D eigenvalue weighted by Gasteiger charge is 2.37. The van der Waals surface area contributed by atoms with Gasteiger partial charge in [-0.2, -0.15) is 0 Å². The number of H-pyrrole nitrogens is 1. The van der Waals surface area contributed by atoms with Crippen molar-refractivity contribution in [2.45, 2.75) is 49.8 Å². The minimum atomic E-state index is -0.794. The minimum absolute atomic E-state index is 0.0987. The Morgan fingerprint density at radius 2 is 2.08 bits per heavy atom. The second-order valence-electron chi connectivity index (χ2n) is 9.98. The molecule has 1 aromatic carbocycles. The van der Waals surface area contributed by atoms with Gasteiger partial charge in [0.05, 0.1) is 24.2 Å². The summed E-state index contributed by atoms with van der Waals surface area (Å²) in [6, 6.07) is 4.99. The molecule has 1 amide bonds. The molecule has 7 nitrogen and oxygen atoms in total. The highest BCUT2D eigenvalue weighted by Crippen LogP contribution is 2.36. The normalized spacial score (nSPS) is 25.0. The van der Waals surface area contributed by atoms with E-state index in [0.29, 0.717) is 32.4 Å². The third-order valence-electron chi connectivity index (χ3n) is 7.31. The van der Waals surface area contributed by atoms with Crippen LogP contribution in [0.4, 0.5) is 9.18 Å². The van der Waals surface area contributed by atoms with Crippen LogP contribution in [0.5, 0.6) is 5.75 Å². The molecule has 4 unspecified atom stereocenters. The summed E-state index contributed by atoms with van der Waals surface area (Å²) in [5.74, 6) is 0.0546. The van der Waals surface area contributed by atoms with Crippen molar-refractivity contribution in [2.75, 3.05) is 19.8 Å². The average molecular weight is 543 g/mol. The minimum Gasteiger partial charge on any atom is -0.410 e. The first kappa shape index (κ1) is 26.7. The van der Waals surface area contributed by atoms with Gasteiger partial charge in [-0.25, -0.2) is 9.18 Å². The van der Waals surface area contributed by atoms with Crippen LogP contribution >= 0.6 is 11.6 Å². The maximum absolute atomic E-state index is 13.4. The maximum atomic E-state index is 13.4. The third kappa shape index (κ3) is 5.59. The molecule has 0 fully saturated rings. The van der Waals surface area contributed by atoms with Crippen molar-refractivity contribution >= 4 is 29.8 Å². The molecule has 0 saturated heterocycles. The molecular weight excluding hydrogens is 511 g/mol. The van der Waals surface area contributed by atoms with Crippen LogP contribution in [-0.2, 0) is 11.2 Å². The number of nitrogens with one attached hydrogen (secondary N) is 1. The van der Waals surface area contributed by atoms with E-state index in [1.807, 2.05) is 12.2 Å². The second-order valence-corrected chi connectivity index (χ2v) is 10.5. The van der Waals surface area contributed by atoms with Gasteiger partial charge in [-0.05, 0) is 60.6 Å². The molecule has 1 aromatic heterocycles. The summed E-state index contributed by atoms with van der Waals surface area (Å²) in [4.78, 5) is 18.7. The van der Waals surface area contributed by atoms with E-state index in [9.17, 15) is 14.3 Å². The lowest BCUT2D eigenvalue weighted by Gasteiger charge is -2.36. The van der Waals surface area contributed by atoms with Crippen LogP contribution in [0.1, 0.15) is 37.1 Å². The molecule has 9 heteroatoms. The number of benzene rings is 1. The summed E-state index contributed by atoms with van der Waals surface area (Å²) in [7, 11) is 0. The average Bonchev–Trinajstić information content (AvgIpc) is 3.27. The first-order chi connectivity index (χ1) is 18.3. The molecule has 3 N–H and O–H groups in total. The van der Waals surface area contributed by atoms with Gasteiger partial charge < -0.3 is 24.7 Å². The van der Waals surface area contributed by atoms with Gasteiger partial charge in [0.15, 0.2) is 0 Å². The molecule has 0 spiro atoms. The Balaban J connectivity index is 1.43. The van der Waals surface area contributed by atoms with Crippen LogP contribution in [-0.4, -0.2) is 63.5 Å². The predicted molar refractivity (Wildman–Crippen MR) is 143 cm³/mol. The zero-order chi connectivity index (χ0) is 26.8. The lowest BCUT2D eigenvalue weighted by Crippen LogP contribution is -2.43.